The molecule has 0 aromatic rings. The van der Waals surface area contributed by atoms with Crippen LogP contribution in [0, 0.1) is 4.91 Å². The number of rotatable bonds is 23. The summed E-state index contributed by atoms with van der Waals surface area (Å²) < 4.78 is 10.5. The molecule has 6 heteroatoms. The molecule has 0 aromatic heterocycles. The van der Waals surface area contributed by atoms with Crippen molar-refractivity contribution in [3.63, 3.8) is 0 Å². The van der Waals surface area contributed by atoms with Crippen LogP contribution in [0.3, 0.4) is 0 Å². The van der Waals surface area contributed by atoms with Crippen LogP contribution in [0.4, 0.5) is 0 Å². The fourth-order valence-corrected chi connectivity index (χ4v) is 4.79. The smallest absolute Gasteiger partial charge is 0.112 e. The molecule has 1 fully saturated rings. The lowest BCUT2D eigenvalue weighted by molar-refractivity contribution is -0.0508. The predicted octanol–water partition coefficient (Wildman–Crippen LogP) is 8.63. The minimum absolute atomic E-state index is 0.0489. The molecule has 0 bridgehead atoms. The van der Waals surface area contributed by atoms with Gasteiger partial charge in [-0.3, -0.25) is 0 Å². The molecule has 36 heavy (non-hydrogen) atoms. The highest BCUT2D eigenvalue weighted by atomic mass is 16.6. The highest BCUT2D eigenvalue weighted by molar-refractivity contribution is 6.11. The van der Waals surface area contributed by atoms with Crippen LogP contribution >= 0.6 is 0 Å². The summed E-state index contributed by atoms with van der Waals surface area (Å²) in [6, 6.07) is -0.695. The third-order valence-electron chi connectivity index (χ3n) is 7.01. The number of hydrogen-bond acceptors (Lipinski definition) is 5. The van der Waals surface area contributed by atoms with Gasteiger partial charge < -0.3 is 14.6 Å². The Balaban J connectivity index is 0.000000748. The topological polar surface area (TPSA) is 68.1 Å². The molecule has 1 saturated heterocycles. The zero-order valence-electron chi connectivity index (χ0n) is 24.4. The Morgan fingerprint density at radius 1 is 0.722 bits per heavy atom. The van der Waals surface area contributed by atoms with Gasteiger partial charge in [-0.1, -0.05) is 147 Å². The van der Waals surface area contributed by atoms with Gasteiger partial charge >= 0.3 is 0 Å². The van der Waals surface area contributed by atoms with E-state index in [2.05, 4.69) is 19.0 Å². The third-order valence-corrected chi connectivity index (χ3v) is 7.01. The standard InChI is InChI=1S/C22H46.C8H14BNO4/c1-3-5-7-9-11-13-15-17-19-21-22-20-18-16-14-12-10-8-6-4-2;1-4(2)13-7-6(11)5(3-10-12)14-8(7)9/h3-22H2,1-2H3;4-8,11H,3H2,1-2H3. The molecule has 0 aliphatic carbocycles. The Hall–Kier alpha value is -0.455. The molecule has 5 nitrogen and oxygen atoms in total. The van der Waals surface area contributed by atoms with Crippen LogP contribution in [0.15, 0.2) is 5.18 Å². The third kappa shape index (κ3) is 20.6. The highest BCUT2D eigenvalue weighted by Crippen LogP contribution is 2.23. The first kappa shape index (κ1) is 35.5. The van der Waals surface area contributed by atoms with E-state index in [0.29, 0.717) is 0 Å². The fraction of sp³-hybridized carbons (Fsp3) is 1.00. The van der Waals surface area contributed by atoms with Gasteiger partial charge in [-0.2, -0.15) is 4.91 Å². The summed E-state index contributed by atoms with van der Waals surface area (Å²) in [4.78, 5) is 10.0. The van der Waals surface area contributed by atoms with Crippen molar-refractivity contribution in [1.82, 2.24) is 0 Å². The van der Waals surface area contributed by atoms with Crippen molar-refractivity contribution in [2.75, 3.05) is 6.54 Å². The summed E-state index contributed by atoms with van der Waals surface area (Å²) in [6.07, 6.45) is 27.2. The molecule has 1 N–H and O–H groups in total. The van der Waals surface area contributed by atoms with E-state index in [1.807, 2.05) is 13.8 Å². The van der Waals surface area contributed by atoms with Crippen LogP contribution in [-0.4, -0.2) is 49.9 Å². The van der Waals surface area contributed by atoms with Crippen molar-refractivity contribution in [2.45, 2.75) is 187 Å². The van der Waals surface area contributed by atoms with Crippen LogP contribution in [0.2, 0.25) is 0 Å². The molecule has 1 heterocycles. The lowest BCUT2D eigenvalue weighted by Gasteiger charge is -2.21. The van der Waals surface area contributed by atoms with E-state index in [-0.39, 0.29) is 12.6 Å². The van der Waals surface area contributed by atoms with Crippen LogP contribution in [0.5, 0.6) is 0 Å². The van der Waals surface area contributed by atoms with Crippen molar-refractivity contribution >= 4 is 7.85 Å². The first-order valence-corrected chi connectivity index (χ1v) is 15.5. The molecule has 0 saturated carbocycles. The van der Waals surface area contributed by atoms with Crippen molar-refractivity contribution < 1.29 is 14.6 Å². The zero-order valence-corrected chi connectivity index (χ0v) is 24.4. The molecule has 0 aromatic carbocycles. The Morgan fingerprint density at radius 2 is 1.06 bits per heavy atom. The summed E-state index contributed by atoms with van der Waals surface area (Å²) in [6.45, 7) is 8.17. The average molecular weight is 510 g/mol. The highest BCUT2D eigenvalue weighted by Gasteiger charge is 2.42. The van der Waals surface area contributed by atoms with E-state index < -0.39 is 24.3 Å². The van der Waals surface area contributed by atoms with Gasteiger partial charge in [0.25, 0.3) is 0 Å². The van der Waals surface area contributed by atoms with Gasteiger partial charge in [0.15, 0.2) is 0 Å². The first-order chi connectivity index (χ1) is 17.5. The molecule has 4 unspecified atom stereocenters. The minimum Gasteiger partial charge on any atom is -0.388 e. The van der Waals surface area contributed by atoms with Crippen molar-refractivity contribution in [2.24, 2.45) is 5.18 Å². The van der Waals surface area contributed by atoms with E-state index >= 15 is 0 Å². The number of nitrogens with zero attached hydrogens (tertiary/aromatic N) is 1. The van der Waals surface area contributed by atoms with Gasteiger partial charge in [0.1, 0.15) is 32.7 Å². The first-order valence-electron chi connectivity index (χ1n) is 15.5. The van der Waals surface area contributed by atoms with Crippen LogP contribution in [0.25, 0.3) is 0 Å². The number of nitroso groups, excluding NO2 is 1. The largest absolute Gasteiger partial charge is 0.388 e. The predicted molar refractivity (Wildman–Crippen MR) is 155 cm³/mol. The molecule has 0 amide bonds. The van der Waals surface area contributed by atoms with Gasteiger partial charge in [0.2, 0.25) is 0 Å². The van der Waals surface area contributed by atoms with E-state index in [1.165, 1.54) is 128 Å². The maximum absolute atomic E-state index is 10.0. The van der Waals surface area contributed by atoms with Crippen molar-refractivity contribution in [1.29, 1.82) is 0 Å². The molecule has 212 valence electrons. The van der Waals surface area contributed by atoms with Crippen LogP contribution in [0.1, 0.15) is 156 Å². The number of hydrogen-bond donors (Lipinski definition) is 1. The van der Waals surface area contributed by atoms with Gasteiger partial charge in [-0.15, -0.1) is 0 Å². The van der Waals surface area contributed by atoms with E-state index in [1.54, 1.807) is 0 Å². The summed E-state index contributed by atoms with van der Waals surface area (Å²) >= 11 is 0. The molecule has 0 spiro atoms. The molecular weight excluding hydrogens is 449 g/mol. The quantitative estimate of drug-likeness (QED) is 0.0850. The Morgan fingerprint density at radius 3 is 1.33 bits per heavy atom. The second-order valence-electron chi connectivity index (χ2n) is 11.0. The normalized spacial score (nSPS) is 21.5. The molecule has 1 aliphatic rings. The number of aliphatic hydroxyl groups is 1. The number of ether oxygens (including phenoxy) is 2. The molecule has 2 radical (unpaired) electrons. The molecule has 4 atom stereocenters. The SMILES string of the molecule is CCCCCCCCCCCCCCCCCCCCCC.[B]C1OC(CN=O)C(O)C1OC(C)C. The monoisotopic (exact) mass is 509 g/mol. The Labute approximate surface area is 225 Å². The van der Waals surface area contributed by atoms with Crippen LogP contribution in [-0.2, 0) is 9.47 Å². The summed E-state index contributed by atoms with van der Waals surface area (Å²) in [5.41, 5.74) is 0. The number of aliphatic hydroxyl groups excluding tert-OH is 1. The van der Waals surface area contributed by atoms with E-state index in [0.717, 1.165) is 0 Å². The second kappa shape index (κ2) is 26.2. The van der Waals surface area contributed by atoms with Crippen molar-refractivity contribution in [3.8, 4) is 0 Å². The summed E-state index contributed by atoms with van der Waals surface area (Å²) in [5.74, 6) is 0. The second-order valence-corrected chi connectivity index (χ2v) is 11.0. The van der Waals surface area contributed by atoms with E-state index in [4.69, 9.17) is 17.3 Å². The zero-order chi connectivity index (χ0) is 26.9. The summed E-state index contributed by atoms with van der Waals surface area (Å²) in [7, 11) is 5.59. The minimum atomic E-state index is -0.884. The number of unbranched alkanes of at least 4 members (excludes halogenated alkanes) is 19. The van der Waals surface area contributed by atoms with Gasteiger partial charge in [-0.25, -0.2) is 0 Å². The lowest BCUT2D eigenvalue weighted by Crippen LogP contribution is -2.37. The Bertz CT molecular complexity index is 446. The van der Waals surface area contributed by atoms with Gasteiger partial charge in [-0.05, 0) is 13.8 Å². The van der Waals surface area contributed by atoms with Crippen LogP contribution < -0.4 is 0 Å². The maximum atomic E-state index is 10.0. The molecule has 1 aliphatic heterocycles. The molecular formula is C30H60BNO4. The van der Waals surface area contributed by atoms with Gasteiger partial charge in [0.05, 0.1) is 6.10 Å². The summed E-state index contributed by atoms with van der Waals surface area (Å²) in [5, 5.41) is 12.3. The van der Waals surface area contributed by atoms with E-state index in [9.17, 15) is 10.0 Å². The average Bonchev–Trinajstić information content (AvgIpc) is 3.11. The fourth-order valence-electron chi connectivity index (χ4n) is 4.79. The molecule has 1 rings (SSSR count). The van der Waals surface area contributed by atoms with Gasteiger partial charge in [0, 0.05) is 6.00 Å². The maximum Gasteiger partial charge on any atom is 0.112 e. The van der Waals surface area contributed by atoms with Crippen molar-refractivity contribution in [3.05, 3.63) is 4.91 Å². The Kier molecular flexibility index (Phi) is 25.8. The lowest BCUT2D eigenvalue weighted by atomic mass is 9.92.